The molecule has 0 aromatic heterocycles. The average molecular weight is 183 g/mol. The number of nitrogens with zero attached hydrogens (tertiary/aromatic N) is 1. The van der Waals surface area contributed by atoms with Crippen LogP contribution in [0.25, 0.3) is 0 Å². The van der Waals surface area contributed by atoms with Crippen LogP contribution in [0.15, 0.2) is 0 Å². The van der Waals surface area contributed by atoms with E-state index in [1.54, 1.807) is 0 Å². The van der Waals surface area contributed by atoms with Crippen molar-refractivity contribution in [2.75, 3.05) is 19.6 Å². The van der Waals surface area contributed by atoms with Crippen molar-refractivity contribution in [3.05, 3.63) is 0 Å². The first kappa shape index (κ1) is 10.7. The molecule has 0 atom stereocenters. The van der Waals surface area contributed by atoms with Crippen LogP contribution < -0.4 is 0 Å². The second-order valence-electron chi connectivity index (χ2n) is 4.46. The number of carbonyl (C=O) groups excluding carboxylic acids is 1. The largest absolute Gasteiger partial charge is 0.298 e. The van der Waals surface area contributed by atoms with Crippen molar-refractivity contribution in [2.45, 2.75) is 33.6 Å². The van der Waals surface area contributed by atoms with Gasteiger partial charge in [0.15, 0.2) is 0 Å². The van der Waals surface area contributed by atoms with Crippen LogP contribution >= 0.6 is 0 Å². The Kier molecular flexibility index (Phi) is 3.91. The first-order valence-corrected chi connectivity index (χ1v) is 5.38. The van der Waals surface area contributed by atoms with Crippen LogP contribution in [-0.2, 0) is 4.79 Å². The minimum atomic E-state index is 0.418. The van der Waals surface area contributed by atoms with E-state index in [2.05, 4.69) is 25.7 Å². The Morgan fingerprint density at radius 2 is 2.08 bits per heavy atom. The van der Waals surface area contributed by atoms with Gasteiger partial charge in [0.1, 0.15) is 5.78 Å². The minimum absolute atomic E-state index is 0.418. The van der Waals surface area contributed by atoms with Crippen molar-refractivity contribution in [1.82, 2.24) is 4.90 Å². The molecule has 0 unspecified atom stereocenters. The van der Waals surface area contributed by atoms with Gasteiger partial charge in [-0.05, 0) is 25.3 Å². The molecular weight excluding hydrogens is 162 g/mol. The Hall–Kier alpha value is -0.370. The van der Waals surface area contributed by atoms with E-state index in [4.69, 9.17) is 0 Å². The van der Waals surface area contributed by atoms with E-state index < -0.39 is 0 Å². The van der Waals surface area contributed by atoms with Crippen LogP contribution in [0.1, 0.15) is 33.6 Å². The Morgan fingerprint density at radius 1 is 1.46 bits per heavy atom. The molecule has 1 aliphatic rings. The number of hydrogen-bond acceptors (Lipinski definition) is 2. The van der Waals surface area contributed by atoms with Crippen LogP contribution in [0.3, 0.4) is 0 Å². The lowest BCUT2D eigenvalue weighted by atomic mass is 10.2. The maximum absolute atomic E-state index is 11.5. The van der Waals surface area contributed by atoms with Gasteiger partial charge in [0.05, 0.1) is 6.54 Å². The third-order valence-electron chi connectivity index (χ3n) is 2.48. The molecule has 2 heteroatoms. The van der Waals surface area contributed by atoms with Gasteiger partial charge < -0.3 is 0 Å². The molecule has 0 amide bonds. The van der Waals surface area contributed by atoms with E-state index in [0.717, 1.165) is 25.9 Å². The highest BCUT2D eigenvalue weighted by molar-refractivity contribution is 5.84. The number of carbonyl (C=O) groups is 1. The third kappa shape index (κ3) is 3.90. The predicted octanol–water partition coefficient (Wildman–Crippen LogP) is 1.94. The summed E-state index contributed by atoms with van der Waals surface area (Å²) in [6, 6.07) is 0. The minimum Gasteiger partial charge on any atom is -0.298 e. The van der Waals surface area contributed by atoms with Gasteiger partial charge in [-0.15, -0.1) is 0 Å². The Morgan fingerprint density at radius 3 is 2.46 bits per heavy atom. The van der Waals surface area contributed by atoms with Crippen LogP contribution in [0.4, 0.5) is 0 Å². The predicted molar refractivity (Wildman–Crippen MR) is 54.7 cm³/mol. The van der Waals surface area contributed by atoms with Crippen molar-refractivity contribution in [3.63, 3.8) is 0 Å². The lowest BCUT2D eigenvalue weighted by molar-refractivity contribution is -0.121. The van der Waals surface area contributed by atoms with E-state index in [9.17, 15) is 4.79 Å². The second-order valence-corrected chi connectivity index (χ2v) is 4.46. The van der Waals surface area contributed by atoms with Gasteiger partial charge in [-0.2, -0.15) is 0 Å². The van der Waals surface area contributed by atoms with Gasteiger partial charge in [0, 0.05) is 12.5 Å². The Balaban J connectivity index is 2.25. The van der Waals surface area contributed by atoms with E-state index in [0.29, 0.717) is 24.2 Å². The number of Topliss-reactive ketones (excluding diaryl/α,β-unsaturated/α-hetero) is 1. The first-order chi connectivity index (χ1) is 6.13. The normalized spacial score (nSPS) is 17.0. The highest BCUT2D eigenvalue weighted by Gasteiger charge is 2.30. The van der Waals surface area contributed by atoms with Crippen LogP contribution in [0.2, 0.25) is 0 Å². The molecule has 2 nitrogen and oxygen atoms in total. The van der Waals surface area contributed by atoms with Gasteiger partial charge in [-0.1, -0.05) is 20.8 Å². The lowest BCUT2D eigenvalue weighted by Gasteiger charge is -2.21. The monoisotopic (exact) mass is 183 g/mol. The molecule has 1 fully saturated rings. The second kappa shape index (κ2) is 4.75. The maximum Gasteiger partial charge on any atom is 0.149 e. The van der Waals surface area contributed by atoms with E-state index in [1.807, 2.05) is 0 Å². The molecule has 0 aromatic carbocycles. The topological polar surface area (TPSA) is 20.3 Å². The summed E-state index contributed by atoms with van der Waals surface area (Å²) in [6.07, 6.45) is 2.27. The quantitative estimate of drug-likeness (QED) is 0.627. The summed E-state index contributed by atoms with van der Waals surface area (Å²) in [5.41, 5.74) is 0. The molecule has 0 aromatic rings. The molecule has 0 saturated heterocycles. The molecule has 0 radical (unpaired) electrons. The molecule has 1 rings (SSSR count). The van der Waals surface area contributed by atoms with Crippen molar-refractivity contribution in [3.8, 4) is 0 Å². The summed E-state index contributed by atoms with van der Waals surface area (Å²) in [6.45, 7) is 9.25. The molecule has 13 heavy (non-hydrogen) atoms. The van der Waals surface area contributed by atoms with Gasteiger partial charge in [-0.3, -0.25) is 9.69 Å². The van der Waals surface area contributed by atoms with Gasteiger partial charge >= 0.3 is 0 Å². The molecular formula is C11H21NO. The number of ketones is 1. The highest BCUT2D eigenvalue weighted by Crippen LogP contribution is 2.29. The first-order valence-electron chi connectivity index (χ1n) is 5.38. The standard InChI is InChI=1S/C11H21NO/c1-4-12(7-9(2)3)8-11(13)10-5-6-10/h9-10H,4-8H2,1-3H3. The highest BCUT2D eigenvalue weighted by atomic mass is 16.1. The van der Waals surface area contributed by atoms with E-state index in [1.165, 1.54) is 0 Å². The van der Waals surface area contributed by atoms with Crippen LogP contribution in [-0.4, -0.2) is 30.3 Å². The average Bonchev–Trinajstić information content (AvgIpc) is 2.84. The van der Waals surface area contributed by atoms with Crippen molar-refractivity contribution in [1.29, 1.82) is 0 Å². The summed E-state index contributed by atoms with van der Waals surface area (Å²) in [5, 5.41) is 0. The van der Waals surface area contributed by atoms with Gasteiger partial charge in [-0.25, -0.2) is 0 Å². The maximum atomic E-state index is 11.5. The van der Waals surface area contributed by atoms with Crippen molar-refractivity contribution in [2.24, 2.45) is 11.8 Å². The van der Waals surface area contributed by atoms with Crippen LogP contribution in [0.5, 0.6) is 0 Å². The van der Waals surface area contributed by atoms with Crippen molar-refractivity contribution < 1.29 is 4.79 Å². The summed E-state index contributed by atoms with van der Waals surface area (Å²) in [5.74, 6) is 1.54. The zero-order valence-corrected chi connectivity index (χ0v) is 9.05. The molecule has 1 aliphatic carbocycles. The molecule has 0 heterocycles. The molecule has 0 N–H and O–H groups in total. The number of rotatable bonds is 6. The number of likely N-dealkylation sites (N-methyl/N-ethyl adjacent to an activating group) is 1. The third-order valence-corrected chi connectivity index (χ3v) is 2.48. The Bertz CT molecular complexity index is 173. The van der Waals surface area contributed by atoms with Crippen molar-refractivity contribution >= 4 is 5.78 Å². The van der Waals surface area contributed by atoms with Gasteiger partial charge in [0.25, 0.3) is 0 Å². The Labute approximate surface area is 81.3 Å². The smallest absolute Gasteiger partial charge is 0.149 e. The zero-order valence-electron chi connectivity index (χ0n) is 9.05. The lowest BCUT2D eigenvalue weighted by Crippen LogP contribution is -2.33. The summed E-state index contributed by atoms with van der Waals surface area (Å²) >= 11 is 0. The van der Waals surface area contributed by atoms with E-state index >= 15 is 0 Å². The molecule has 0 bridgehead atoms. The fourth-order valence-corrected chi connectivity index (χ4v) is 1.58. The zero-order chi connectivity index (χ0) is 9.84. The molecule has 1 saturated carbocycles. The van der Waals surface area contributed by atoms with Crippen LogP contribution in [0, 0.1) is 11.8 Å². The molecule has 0 spiro atoms. The van der Waals surface area contributed by atoms with Gasteiger partial charge in [0.2, 0.25) is 0 Å². The summed E-state index contributed by atoms with van der Waals surface area (Å²) in [7, 11) is 0. The SMILES string of the molecule is CCN(CC(=O)C1CC1)CC(C)C. The number of hydrogen-bond donors (Lipinski definition) is 0. The summed E-state index contributed by atoms with van der Waals surface area (Å²) in [4.78, 5) is 13.8. The van der Waals surface area contributed by atoms with E-state index in [-0.39, 0.29) is 0 Å². The summed E-state index contributed by atoms with van der Waals surface area (Å²) < 4.78 is 0. The fraction of sp³-hybridized carbons (Fsp3) is 0.909. The molecule has 0 aliphatic heterocycles. The fourth-order valence-electron chi connectivity index (χ4n) is 1.58. The molecule has 76 valence electrons.